The molecule has 6 rings (SSSR count). The first-order valence-electron chi connectivity index (χ1n) is 30.9. The summed E-state index contributed by atoms with van der Waals surface area (Å²) in [6.07, 6.45) is -7.69. The molecule has 4 N–H and O–H groups in total. The molecule has 0 saturated carbocycles. The van der Waals surface area contributed by atoms with Gasteiger partial charge in [-0.1, -0.05) is 92.4 Å². The number of benzene rings is 4. The van der Waals surface area contributed by atoms with E-state index in [4.69, 9.17) is 27.9 Å². The number of ketones is 1. The molecule has 2 amide bonds. The van der Waals surface area contributed by atoms with Crippen LogP contribution >= 0.6 is 50.2 Å². The summed E-state index contributed by atoms with van der Waals surface area (Å²) in [5, 5.41) is 14.6. The van der Waals surface area contributed by atoms with Crippen molar-refractivity contribution >= 4 is 79.7 Å². The van der Waals surface area contributed by atoms with E-state index in [1.807, 2.05) is 79.7 Å². The van der Waals surface area contributed by atoms with Crippen molar-refractivity contribution in [3.05, 3.63) is 172 Å². The van der Waals surface area contributed by atoms with Crippen molar-refractivity contribution in [2.45, 2.75) is 145 Å². The summed E-state index contributed by atoms with van der Waals surface area (Å²) in [5.74, 6) is -8.83. The van der Waals surface area contributed by atoms with Crippen molar-refractivity contribution < 1.29 is 93.3 Å². The van der Waals surface area contributed by atoms with Crippen molar-refractivity contribution in [2.75, 3.05) is 47.9 Å². The first kappa shape index (κ1) is 90.1. The molecule has 0 radical (unpaired) electrons. The number of carboxylic acid groups (broad SMARTS) is 1. The Balaban J connectivity index is 0.000000942. The zero-order valence-electron chi connectivity index (χ0n) is 58.2. The fourth-order valence-electron chi connectivity index (χ4n) is 12.1. The summed E-state index contributed by atoms with van der Waals surface area (Å²) in [6, 6.07) is 10.3. The van der Waals surface area contributed by atoms with E-state index in [2.05, 4.69) is 10.6 Å². The molecule has 1 aromatic heterocycles. The molecule has 536 valence electrons. The molecule has 98 heavy (non-hydrogen) atoms. The van der Waals surface area contributed by atoms with Gasteiger partial charge in [-0.05, 0) is 200 Å². The van der Waals surface area contributed by atoms with Gasteiger partial charge in [-0.15, -0.1) is 0 Å². The number of carbonyl (C=O) groups excluding carboxylic acids is 4. The summed E-state index contributed by atoms with van der Waals surface area (Å²) in [7, 11) is 6.85. The molecule has 5 atom stereocenters. The van der Waals surface area contributed by atoms with Crippen LogP contribution in [0.15, 0.2) is 88.9 Å². The second-order valence-corrected chi connectivity index (χ2v) is 26.4. The molecule has 3 unspecified atom stereocenters. The van der Waals surface area contributed by atoms with E-state index in [-0.39, 0.29) is 134 Å². The minimum absolute atomic E-state index is 0. The Bertz CT molecular complexity index is 3720. The molecule has 4 aromatic carbocycles. The van der Waals surface area contributed by atoms with E-state index in [1.165, 1.54) is 30.3 Å². The number of halogens is 10. The predicted octanol–water partition coefficient (Wildman–Crippen LogP) is 12.7. The van der Waals surface area contributed by atoms with Gasteiger partial charge in [0.2, 0.25) is 11.8 Å². The van der Waals surface area contributed by atoms with Crippen molar-refractivity contribution in [3.63, 3.8) is 0 Å². The maximum absolute atomic E-state index is 15.9. The van der Waals surface area contributed by atoms with Gasteiger partial charge in [0.25, 0.3) is 5.56 Å². The monoisotopic (exact) mass is 1450 g/mol. The van der Waals surface area contributed by atoms with Gasteiger partial charge >= 0.3 is 43.2 Å². The van der Waals surface area contributed by atoms with Crippen LogP contribution in [0.25, 0.3) is 22.3 Å². The van der Waals surface area contributed by atoms with Crippen LogP contribution in [0.3, 0.4) is 0 Å². The molecule has 1 aliphatic rings. The van der Waals surface area contributed by atoms with Crippen LogP contribution in [-0.4, -0.2) is 109 Å². The molecule has 1 aliphatic carbocycles. The van der Waals surface area contributed by atoms with E-state index in [0.29, 0.717) is 29.8 Å². The topological polar surface area (TPSA) is 197 Å². The normalized spacial score (nSPS) is 14.3. The molecular formula is C71H90Cl2F8LiN5O9S2. The molecule has 0 aliphatic heterocycles. The van der Waals surface area contributed by atoms with Crippen LogP contribution in [0.2, 0.25) is 10.0 Å². The second kappa shape index (κ2) is 38.7. The molecule has 0 bridgehead atoms. The number of allylic oxidation sites excluding steroid dienone is 3. The summed E-state index contributed by atoms with van der Waals surface area (Å²) >= 11 is 12.7. The number of hydrogen-bond acceptors (Lipinski definition) is 10. The van der Waals surface area contributed by atoms with Crippen molar-refractivity contribution in [2.24, 2.45) is 23.7 Å². The third kappa shape index (κ3) is 24.4. The fraction of sp³-hybridized carbons (Fsp3) is 0.465. The number of amides is 2. The standard InChI is InChI=1S/C37H45ClF4N2O4.C34H40ClF4N3O4.Li.H2O.2H2S/c1-9-48-33(46)19-31(28-16-25(17-30(38)35(28)39)34-22(5)13-21(4)14-23(34)6)43-36(47)27(12-20(2)3)26-15-24(10-11-44(7)8)29(18-32(26)45)37(40,41)42;1-18(2)10-28(42-17-22(8-9-41(6)7)25(15-29(42)43)34(37,38)39)33(46)40-27(16-30(44)45)24-13-23(14-26(35)32(24)36)31-20(4)11-19(3)12-21(31)5;;;;/h13-18,20,26-27,31H,9-12,19H2,1-8H3,(H,43,47);11-15,17-18,27-28H,8-10,16H2,1-7H3,(H,40,46)(H,44,45);;3*1H2/q;;+1;;;/p-1/t26?,27?,31-;27-,28?;;;;/m00..../s1. The molecule has 1 heterocycles. The maximum Gasteiger partial charge on any atom is 1.00 e. The average Bonchev–Trinajstić information content (AvgIpc) is 0.799. The molecule has 0 spiro atoms. The van der Waals surface area contributed by atoms with Crippen LogP contribution in [-0.2, 0) is 41.3 Å². The smallest absolute Gasteiger partial charge is 0.870 e. The van der Waals surface area contributed by atoms with Crippen molar-refractivity contribution in [1.82, 2.24) is 25.0 Å². The third-order valence-corrected chi connectivity index (χ3v) is 16.6. The van der Waals surface area contributed by atoms with E-state index in [9.17, 15) is 60.2 Å². The Morgan fingerprint density at radius 1 is 0.653 bits per heavy atom. The van der Waals surface area contributed by atoms with Gasteiger partial charge in [0.05, 0.1) is 64.5 Å². The van der Waals surface area contributed by atoms with Gasteiger partial charge in [-0.3, -0.25) is 28.8 Å². The van der Waals surface area contributed by atoms with E-state index in [0.717, 1.165) is 55.3 Å². The van der Waals surface area contributed by atoms with E-state index >= 15 is 8.78 Å². The van der Waals surface area contributed by atoms with Crippen LogP contribution in [0.4, 0.5) is 35.1 Å². The number of nitrogens with one attached hydrogen (secondary N) is 2. The van der Waals surface area contributed by atoms with E-state index in [1.54, 1.807) is 58.8 Å². The number of nitrogens with zero attached hydrogens (tertiary/aromatic N) is 3. The van der Waals surface area contributed by atoms with Crippen molar-refractivity contribution in [3.8, 4) is 22.3 Å². The largest absolute Gasteiger partial charge is 1.00 e. The Hall–Kier alpha value is -5.94. The Morgan fingerprint density at radius 3 is 1.50 bits per heavy atom. The number of rotatable bonds is 25. The van der Waals surface area contributed by atoms with Gasteiger partial charge in [-0.25, -0.2) is 8.78 Å². The van der Waals surface area contributed by atoms with Crippen molar-refractivity contribution in [1.29, 1.82) is 0 Å². The minimum Gasteiger partial charge on any atom is -0.870 e. The molecule has 14 nitrogen and oxygen atoms in total. The number of hydrogen-bond donors (Lipinski definition) is 3. The molecule has 0 saturated heterocycles. The SMILES string of the molecule is CCOC(=O)C[C@H](NC(=O)C(CC(C)C)C1C=C(CCN(C)C)C(C(F)(F)F)=CC1=O)c1cc(-c2c(C)cc(C)cc2C)cc(Cl)c1F.Cc1cc(C)c(-c2cc(Cl)c(F)c([C@H](CC(=O)O)NC(=O)C(CC(C)C)n3cc(CCN(C)C)c(C(F)(F)F)cc3=O)c2)c(C)c1.S.S.[Li+].[OH-]. The van der Waals surface area contributed by atoms with Gasteiger partial charge in [0.15, 0.2) is 5.78 Å². The number of esters is 1. The van der Waals surface area contributed by atoms with Gasteiger partial charge in [-0.2, -0.15) is 53.3 Å². The number of aromatic nitrogens is 1. The zero-order valence-corrected chi connectivity index (χ0v) is 61.7. The second-order valence-electron chi connectivity index (χ2n) is 25.6. The Kier molecular flexibility index (Phi) is 35.6. The zero-order chi connectivity index (χ0) is 70.8. The summed E-state index contributed by atoms with van der Waals surface area (Å²) in [6.45, 7) is 20.9. The molecule has 0 fully saturated rings. The Labute approximate surface area is 605 Å². The number of aryl methyl sites for hydroxylation is 6. The average molecular weight is 1450 g/mol. The molecular weight excluding hydrogens is 1360 g/mol. The van der Waals surface area contributed by atoms with Crippen LogP contribution in [0.1, 0.15) is 140 Å². The van der Waals surface area contributed by atoms with E-state index < -0.39 is 113 Å². The van der Waals surface area contributed by atoms with Crippen LogP contribution in [0, 0.1) is 76.8 Å². The molecule has 27 heteroatoms. The number of aliphatic carboxylic acids is 1. The van der Waals surface area contributed by atoms with Gasteiger partial charge < -0.3 is 40.3 Å². The number of carboxylic acids is 1. The Morgan fingerprint density at radius 2 is 1.09 bits per heavy atom. The number of likely N-dealkylation sites (N-methyl/N-ethyl adjacent to an activating group) is 1. The third-order valence-electron chi connectivity index (χ3n) is 16.1. The van der Waals surface area contributed by atoms with Crippen LogP contribution < -0.4 is 35.1 Å². The number of pyridine rings is 1. The fourth-order valence-corrected chi connectivity index (χ4v) is 12.5. The van der Waals surface area contributed by atoms with Gasteiger partial charge in [0.1, 0.15) is 17.7 Å². The first-order chi connectivity index (χ1) is 43.6. The first-order valence-corrected chi connectivity index (χ1v) is 31.7. The maximum atomic E-state index is 15.9. The minimum atomic E-state index is -4.79. The number of carbonyl (C=O) groups is 5. The quantitative estimate of drug-likeness (QED) is 0.0286. The molecule has 5 aromatic rings. The number of ether oxygens (including phenoxy) is 1. The number of alkyl halides is 6. The van der Waals surface area contributed by atoms with Gasteiger partial charge in [0, 0.05) is 36.5 Å². The van der Waals surface area contributed by atoms with Crippen LogP contribution in [0.5, 0.6) is 0 Å². The predicted molar refractivity (Wildman–Crippen MR) is 373 cm³/mol. The summed E-state index contributed by atoms with van der Waals surface area (Å²) < 4.78 is 121. The summed E-state index contributed by atoms with van der Waals surface area (Å²) in [4.78, 5) is 82.7. The summed E-state index contributed by atoms with van der Waals surface area (Å²) in [5.41, 5.74) is 4.73.